The maximum absolute atomic E-state index is 12.6. The molecule has 0 atom stereocenters. The Labute approximate surface area is 107 Å². The second-order valence-electron chi connectivity index (χ2n) is 4.31. The molecule has 0 aromatic carbocycles. The van der Waals surface area contributed by atoms with Crippen LogP contribution in [0.5, 0.6) is 0 Å². The van der Waals surface area contributed by atoms with E-state index in [-0.39, 0.29) is 13.2 Å². The number of ether oxygens (including phenoxy) is 1. The van der Waals surface area contributed by atoms with Crippen molar-refractivity contribution in [3.8, 4) is 0 Å². The smallest absolute Gasteiger partial charge is 0.347 e. The Kier molecular flexibility index (Phi) is 5.79. The molecule has 1 saturated carbocycles. The molecular formula is C11H21O6P. The molecule has 1 aliphatic carbocycles. The summed E-state index contributed by atoms with van der Waals surface area (Å²) in [6.45, 7) is -0.361. The number of esters is 1. The fourth-order valence-corrected chi connectivity index (χ4v) is 4.42. The molecule has 18 heavy (non-hydrogen) atoms. The maximum Gasteiger partial charge on any atom is 0.347 e. The molecule has 7 heteroatoms. The topological polar surface area (TPSA) is 82.1 Å². The fourth-order valence-electron chi connectivity index (χ4n) is 2.42. The fraction of sp³-hybridized carbons (Fsp3) is 0.909. The number of rotatable bonds is 6. The lowest BCUT2D eigenvalue weighted by molar-refractivity contribution is -0.149. The first-order valence-corrected chi connectivity index (χ1v) is 7.60. The van der Waals surface area contributed by atoms with Gasteiger partial charge in [-0.05, 0) is 12.8 Å². The van der Waals surface area contributed by atoms with E-state index in [1.165, 1.54) is 14.2 Å². The molecule has 1 aliphatic rings. The largest absolute Gasteiger partial charge is 0.462 e. The van der Waals surface area contributed by atoms with Crippen molar-refractivity contribution >= 4 is 13.6 Å². The Morgan fingerprint density at radius 1 is 1.22 bits per heavy atom. The second-order valence-corrected chi connectivity index (χ2v) is 6.90. The average Bonchev–Trinajstić information content (AvgIpc) is 2.44. The predicted octanol–water partition coefficient (Wildman–Crippen LogP) is 1.71. The summed E-state index contributed by atoms with van der Waals surface area (Å²) in [4.78, 5) is 12.2. The average molecular weight is 280 g/mol. The van der Waals surface area contributed by atoms with Gasteiger partial charge in [0.15, 0.2) is 5.16 Å². The van der Waals surface area contributed by atoms with Gasteiger partial charge in [-0.15, -0.1) is 0 Å². The summed E-state index contributed by atoms with van der Waals surface area (Å²) < 4.78 is 27.6. The third-order valence-corrected chi connectivity index (χ3v) is 6.03. The molecule has 0 aliphatic heterocycles. The van der Waals surface area contributed by atoms with E-state index in [4.69, 9.17) is 18.9 Å². The van der Waals surface area contributed by atoms with Crippen molar-refractivity contribution in [1.29, 1.82) is 0 Å². The summed E-state index contributed by atoms with van der Waals surface area (Å²) in [6, 6.07) is 0. The first kappa shape index (κ1) is 15.6. The van der Waals surface area contributed by atoms with Crippen LogP contribution in [0.3, 0.4) is 0 Å². The van der Waals surface area contributed by atoms with E-state index in [1.807, 2.05) is 0 Å². The molecule has 0 aromatic heterocycles. The van der Waals surface area contributed by atoms with Gasteiger partial charge in [0.1, 0.15) is 6.61 Å². The van der Waals surface area contributed by atoms with Crippen molar-refractivity contribution < 1.29 is 28.3 Å². The molecular weight excluding hydrogens is 259 g/mol. The molecule has 6 nitrogen and oxygen atoms in total. The lowest BCUT2D eigenvalue weighted by atomic mass is 9.88. The van der Waals surface area contributed by atoms with E-state index in [0.29, 0.717) is 12.8 Å². The third kappa shape index (κ3) is 2.77. The SMILES string of the molecule is COP(=O)(OC)C1(C(=O)OCCO)CCCCC1. The van der Waals surface area contributed by atoms with Gasteiger partial charge < -0.3 is 18.9 Å². The Hall–Kier alpha value is -0.420. The summed E-state index contributed by atoms with van der Waals surface area (Å²) in [5.74, 6) is -0.594. The van der Waals surface area contributed by atoms with Gasteiger partial charge in [-0.1, -0.05) is 19.3 Å². The zero-order valence-corrected chi connectivity index (χ0v) is 11.8. The van der Waals surface area contributed by atoms with Gasteiger partial charge in [0, 0.05) is 14.2 Å². The molecule has 0 unspecified atom stereocenters. The predicted molar refractivity (Wildman–Crippen MR) is 65.5 cm³/mol. The van der Waals surface area contributed by atoms with Gasteiger partial charge in [0.05, 0.1) is 6.61 Å². The van der Waals surface area contributed by atoms with E-state index < -0.39 is 18.7 Å². The molecule has 0 amide bonds. The summed E-state index contributed by atoms with van der Waals surface area (Å²) in [5, 5.41) is 7.49. The molecule has 0 saturated heterocycles. The van der Waals surface area contributed by atoms with Crippen LogP contribution in [-0.2, 0) is 23.1 Å². The van der Waals surface area contributed by atoms with Gasteiger partial charge in [-0.25, -0.2) is 0 Å². The second kappa shape index (κ2) is 6.66. The van der Waals surface area contributed by atoms with Crippen molar-refractivity contribution in [3.63, 3.8) is 0 Å². The minimum absolute atomic E-state index is 0.103. The number of carbonyl (C=O) groups is 1. The van der Waals surface area contributed by atoms with Crippen LogP contribution in [0.4, 0.5) is 0 Å². The lowest BCUT2D eigenvalue weighted by Crippen LogP contribution is -2.43. The zero-order chi connectivity index (χ0) is 13.6. The van der Waals surface area contributed by atoms with Crippen LogP contribution in [0.2, 0.25) is 0 Å². The van der Waals surface area contributed by atoms with Gasteiger partial charge in [-0.2, -0.15) is 0 Å². The Balaban J connectivity index is 3.01. The van der Waals surface area contributed by atoms with Gasteiger partial charge in [0.2, 0.25) is 0 Å². The van der Waals surface area contributed by atoms with E-state index in [1.54, 1.807) is 0 Å². The summed E-state index contributed by atoms with van der Waals surface area (Å²) >= 11 is 0. The van der Waals surface area contributed by atoms with Gasteiger partial charge >= 0.3 is 13.6 Å². The summed E-state index contributed by atoms with van der Waals surface area (Å²) in [7, 11) is -0.985. The van der Waals surface area contributed by atoms with Crippen LogP contribution in [0, 0.1) is 0 Å². The Bertz CT molecular complexity index is 315. The maximum atomic E-state index is 12.6. The highest BCUT2D eigenvalue weighted by Crippen LogP contribution is 2.64. The van der Waals surface area contributed by atoms with Crippen LogP contribution in [0.1, 0.15) is 32.1 Å². The number of carbonyl (C=O) groups excluding carboxylic acids is 1. The summed E-state index contributed by atoms with van der Waals surface area (Å²) in [6.07, 6.45) is 3.41. The molecule has 1 N–H and O–H groups in total. The number of hydrogen-bond acceptors (Lipinski definition) is 6. The molecule has 0 spiro atoms. The van der Waals surface area contributed by atoms with Crippen LogP contribution >= 0.6 is 7.60 Å². The monoisotopic (exact) mass is 280 g/mol. The minimum atomic E-state index is -3.54. The van der Waals surface area contributed by atoms with E-state index >= 15 is 0 Å². The molecule has 1 fully saturated rings. The van der Waals surface area contributed by atoms with E-state index in [0.717, 1.165) is 19.3 Å². The number of hydrogen-bond donors (Lipinski definition) is 1. The van der Waals surface area contributed by atoms with Crippen LogP contribution in [-0.4, -0.2) is 43.7 Å². The first-order chi connectivity index (χ1) is 8.56. The van der Waals surface area contributed by atoms with Crippen LogP contribution in [0.15, 0.2) is 0 Å². The van der Waals surface area contributed by atoms with Gasteiger partial charge in [0.25, 0.3) is 0 Å². The van der Waals surface area contributed by atoms with E-state index in [2.05, 4.69) is 0 Å². The molecule has 1 rings (SSSR count). The standard InChI is InChI=1S/C11H21O6P/c1-15-18(14,16-2)11(6-4-3-5-7-11)10(13)17-9-8-12/h12H,3-9H2,1-2H3. The highest BCUT2D eigenvalue weighted by molar-refractivity contribution is 7.56. The van der Waals surface area contributed by atoms with Crippen LogP contribution in [0.25, 0.3) is 0 Å². The Morgan fingerprint density at radius 3 is 2.22 bits per heavy atom. The molecule has 0 aromatic rings. The third-order valence-electron chi connectivity index (χ3n) is 3.39. The highest BCUT2D eigenvalue weighted by Gasteiger charge is 2.57. The number of aliphatic hydroxyl groups is 1. The molecule has 0 radical (unpaired) electrons. The van der Waals surface area contributed by atoms with Crippen molar-refractivity contribution in [3.05, 3.63) is 0 Å². The molecule has 0 heterocycles. The Morgan fingerprint density at radius 2 is 1.78 bits per heavy atom. The van der Waals surface area contributed by atoms with Crippen molar-refractivity contribution in [2.24, 2.45) is 0 Å². The summed E-state index contributed by atoms with van der Waals surface area (Å²) in [5.41, 5.74) is 0. The van der Waals surface area contributed by atoms with Gasteiger partial charge in [-0.3, -0.25) is 9.36 Å². The van der Waals surface area contributed by atoms with Crippen molar-refractivity contribution in [2.75, 3.05) is 27.4 Å². The minimum Gasteiger partial charge on any atom is -0.462 e. The molecule has 106 valence electrons. The lowest BCUT2D eigenvalue weighted by Gasteiger charge is -2.38. The van der Waals surface area contributed by atoms with Crippen molar-refractivity contribution in [2.45, 2.75) is 37.3 Å². The quantitative estimate of drug-likeness (QED) is 0.589. The molecule has 0 bridgehead atoms. The first-order valence-electron chi connectivity index (χ1n) is 6.06. The van der Waals surface area contributed by atoms with Crippen LogP contribution < -0.4 is 0 Å². The van der Waals surface area contributed by atoms with E-state index in [9.17, 15) is 9.36 Å². The zero-order valence-electron chi connectivity index (χ0n) is 10.9. The normalized spacial score (nSPS) is 19.5. The number of aliphatic hydroxyl groups excluding tert-OH is 1. The van der Waals surface area contributed by atoms with Crippen molar-refractivity contribution in [1.82, 2.24) is 0 Å². The highest BCUT2D eigenvalue weighted by atomic mass is 31.2.